The molecule has 4 nitrogen and oxygen atoms in total. The van der Waals surface area contributed by atoms with Gasteiger partial charge in [0.2, 0.25) is 5.91 Å². The molecular formula is C9H19N3O. The van der Waals surface area contributed by atoms with Crippen molar-refractivity contribution in [2.24, 2.45) is 11.1 Å². The van der Waals surface area contributed by atoms with E-state index >= 15 is 0 Å². The minimum absolute atomic E-state index is 0.0792. The molecule has 1 amide bonds. The molecule has 1 rings (SSSR count). The molecule has 0 spiro atoms. The molecule has 1 fully saturated rings. The number of hydrogen-bond donors (Lipinski definition) is 3. The summed E-state index contributed by atoms with van der Waals surface area (Å²) < 4.78 is 0. The lowest BCUT2D eigenvalue weighted by Gasteiger charge is -2.45. The standard InChI is InChI=1S/C9H19N3O/c1-6(10)8(13)11-4-7-9(2,3)5-12-7/h6-7,12H,4-5,10H2,1-3H3,(H,11,13)/t6-,7?/m0/s1. The number of carbonyl (C=O) groups is 1. The van der Waals surface area contributed by atoms with Gasteiger partial charge in [-0.05, 0) is 12.3 Å². The minimum atomic E-state index is -0.414. The zero-order chi connectivity index (χ0) is 10.1. The topological polar surface area (TPSA) is 67.2 Å². The highest BCUT2D eigenvalue weighted by Crippen LogP contribution is 2.26. The monoisotopic (exact) mass is 185 g/mol. The highest BCUT2D eigenvalue weighted by atomic mass is 16.2. The second kappa shape index (κ2) is 3.64. The van der Waals surface area contributed by atoms with Crippen LogP contribution in [0.3, 0.4) is 0 Å². The summed E-state index contributed by atoms with van der Waals surface area (Å²) in [5.74, 6) is -0.0792. The SMILES string of the molecule is C[C@H](N)C(=O)NCC1NCC1(C)C. The molecule has 1 aliphatic rings. The van der Waals surface area contributed by atoms with Crippen LogP contribution in [0.4, 0.5) is 0 Å². The summed E-state index contributed by atoms with van der Waals surface area (Å²) >= 11 is 0. The maximum Gasteiger partial charge on any atom is 0.236 e. The zero-order valence-corrected chi connectivity index (χ0v) is 8.55. The first-order valence-corrected chi connectivity index (χ1v) is 4.70. The van der Waals surface area contributed by atoms with Crippen LogP contribution >= 0.6 is 0 Å². The van der Waals surface area contributed by atoms with Crippen LogP contribution < -0.4 is 16.4 Å². The van der Waals surface area contributed by atoms with E-state index in [9.17, 15) is 4.79 Å². The molecular weight excluding hydrogens is 166 g/mol. The Hall–Kier alpha value is -0.610. The lowest BCUT2D eigenvalue weighted by Crippen LogP contribution is -2.64. The van der Waals surface area contributed by atoms with Crippen LogP contribution in [0.1, 0.15) is 20.8 Å². The van der Waals surface area contributed by atoms with Gasteiger partial charge in [0.15, 0.2) is 0 Å². The summed E-state index contributed by atoms with van der Waals surface area (Å²) in [6, 6.07) is -0.0293. The molecule has 0 aromatic carbocycles. The fourth-order valence-electron chi connectivity index (χ4n) is 1.37. The third kappa shape index (κ3) is 2.42. The average Bonchev–Trinajstić information content (AvgIpc) is 2.02. The number of hydrogen-bond acceptors (Lipinski definition) is 3. The predicted molar refractivity (Wildman–Crippen MR) is 52.2 cm³/mol. The lowest BCUT2D eigenvalue weighted by atomic mass is 9.77. The van der Waals surface area contributed by atoms with Gasteiger partial charge in [-0.25, -0.2) is 0 Å². The molecule has 4 N–H and O–H groups in total. The molecule has 1 heterocycles. The highest BCUT2D eigenvalue weighted by Gasteiger charge is 2.37. The number of nitrogens with one attached hydrogen (secondary N) is 2. The average molecular weight is 185 g/mol. The largest absolute Gasteiger partial charge is 0.353 e. The molecule has 4 heteroatoms. The van der Waals surface area contributed by atoms with Crippen molar-refractivity contribution in [2.45, 2.75) is 32.9 Å². The van der Waals surface area contributed by atoms with Gasteiger partial charge in [-0.1, -0.05) is 13.8 Å². The summed E-state index contributed by atoms with van der Waals surface area (Å²) in [6.45, 7) is 7.76. The van der Waals surface area contributed by atoms with Crippen molar-refractivity contribution in [2.75, 3.05) is 13.1 Å². The van der Waals surface area contributed by atoms with E-state index < -0.39 is 6.04 Å². The highest BCUT2D eigenvalue weighted by molar-refractivity contribution is 5.80. The Morgan fingerprint density at radius 3 is 2.69 bits per heavy atom. The van der Waals surface area contributed by atoms with Crippen LogP contribution in [0.15, 0.2) is 0 Å². The van der Waals surface area contributed by atoms with Gasteiger partial charge in [-0.2, -0.15) is 0 Å². The van der Waals surface area contributed by atoms with Crippen LogP contribution in [0, 0.1) is 5.41 Å². The molecule has 13 heavy (non-hydrogen) atoms. The van der Waals surface area contributed by atoms with E-state index in [-0.39, 0.29) is 5.91 Å². The van der Waals surface area contributed by atoms with E-state index in [0.717, 1.165) is 6.54 Å². The first kappa shape index (κ1) is 10.5. The van der Waals surface area contributed by atoms with Crippen LogP contribution in [-0.2, 0) is 4.79 Å². The fraction of sp³-hybridized carbons (Fsp3) is 0.889. The Morgan fingerprint density at radius 2 is 2.38 bits per heavy atom. The summed E-state index contributed by atoms with van der Waals surface area (Å²) in [4.78, 5) is 11.1. The van der Waals surface area contributed by atoms with Crippen molar-refractivity contribution >= 4 is 5.91 Å². The van der Waals surface area contributed by atoms with Crippen molar-refractivity contribution in [3.63, 3.8) is 0 Å². The molecule has 1 aliphatic heterocycles. The Morgan fingerprint density at radius 1 is 1.77 bits per heavy atom. The molecule has 0 bridgehead atoms. The summed E-state index contributed by atoms with van der Waals surface area (Å²) in [5, 5.41) is 6.09. The van der Waals surface area contributed by atoms with E-state index in [2.05, 4.69) is 24.5 Å². The number of amides is 1. The van der Waals surface area contributed by atoms with Crippen molar-refractivity contribution in [1.82, 2.24) is 10.6 Å². The van der Waals surface area contributed by atoms with Gasteiger partial charge in [0.25, 0.3) is 0 Å². The third-order valence-corrected chi connectivity index (χ3v) is 2.64. The van der Waals surface area contributed by atoms with Gasteiger partial charge in [0.05, 0.1) is 6.04 Å². The number of carbonyl (C=O) groups excluding carboxylic acids is 1. The normalized spacial score (nSPS) is 27.5. The van der Waals surface area contributed by atoms with Crippen LogP contribution in [0.2, 0.25) is 0 Å². The van der Waals surface area contributed by atoms with Gasteiger partial charge in [0, 0.05) is 19.1 Å². The van der Waals surface area contributed by atoms with Gasteiger partial charge in [0.1, 0.15) is 0 Å². The van der Waals surface area contributed by atoms with Crippen LogP contribution in [0.5, 0.6) is 0 Å². The zero-order valence-electron chi connectivity index (χ0n) is 8.55. The second-order valence-electron chi connectivity index (χ2n) is 4.46. The second-order valence-corrected chi connectivity index (χ2v) is 4.46. The molecule has 2 atom stereocenters. The molecule has 0 aromatic heterocycles. The molecule has 1 unspecified atom stereocenters. The first-order valence-electron chi connectivity index (χ1n) is 4.70. The van der Waals surface area contributed by atoms with E-state index in [4.69, 9.17) is 5.73 Å². The molecule has 1 saturated heterocycles. The predicted octanol–water partition coefficient (Wildman–Crippen LogP) is -0.552. The van der Waals surface area contributed by atoms with Gasteiger partial charge < -0.3 is 16.4 Å². The maximum atomic E-state index is 11.1. The first-order chi connectivity index (χ1) is 5.93. The molecule has 0 aliphatic carbocycles. The Bertz CT molecular complexity index is 201. The van der Waals surface area contributed by atoms with Crippen LogP contribution in [0.25, 0.3) is 0 Å². The Kier molecular flexibility index (Phi) is 2.93. The fourth-order valence-corrected chi connectivity index (χ4v) is 1.37. The maximum absolute atomic E-state index is 11.1. The van der Waals surface area contributed by atoms with Crippen molar-refractivity contribution in [3.8, 4) is 0 Å². The quantitative estimate of drug-likeness (QED) is 0.552. The molecule has 0 aromatic rings. The third-order valence-electron chi connectivity index (χ3n) is 2.64. The smallest absolute Gasteiger partial charge is 0.236 e. The lowest BCUT2D eigenvalue weighted by molar-refractivity contribution is -0.122. The van der Waals surface area contributed by atoms with E-state index in [0.29, 0.717) is 18.0 Å². The van der Waals surface area contributed by atoms with Crippen molar-refractivity contribution in [1.29, 1.82) is 0 Å². The van der Waals surface area contributed by atoms with Gasteiger partial charge in [-0.15, -0.1) is 0 Å². The minimum Gasteiger partial charge on any atom is -0.353 e. The number of nitrogens with two attached hydrogens (primary N) is 1. The molecule has 0 radical (unpaired) electrons. The Balaban J connectivity index is 2.24. The number of rotatable bonds is 3. The molecule has 0 saturated carbocycles. The van der Waals surface area contributed by atoms with Crippen molar-refractivity contribution in [3.05, 3.63) is 0 Å². The van der Waals surface area contributed by atoms with Crippen LogP contribution in [-0.4, -0.2) is 31.1 Å². The van der Waals surface area contributed by atoms with E-state index in [1.807, 2.05) is 0 Å². The van der Waals surface area contributed by atoms with Gasteiger partial charge >= 0.3 is 0 Å². The van der Waals surface area contributed by atoms with E-state index in [1.54, 1.807) is 6.92 Å². The van der Waals surface area contributed by atoms with E-state index in [1.165, 1.54) is 0 Å². The summed E-state index contributed by atoms with van der Waals surface area (Å²) in [7, 11) is 0. The van der Waals surface area contributed by atoms with Crippen molar-refractivity contribution < 1.29 is 4.79 Å². The molecule has 76 valence electrons. The summed E-state index contributed by atoms with van der Waals surface area (Å²) in [5.41, 5.74) is 5.71. The summed E-state index contributed by atoms with van der Waals surface area (Å²) in [6.07, 6.45) is 0. The Labute approximate surface area is 79.3 Å². The van der Waals surface area contributed by atoms with Gasteiger partial charge in [-0.3, -0.25) is 4.79 Å².